The van der Waals surface area contributed by atoms with Gasteiger partial charge in [-0.1, -0.05) is 0 Å². The van der Waals surface area contributed by atoms with Gasteiger partial charge in [-0.05, 0) is 20.8 Å². The maximum absolute atomic E-state index is 12.1. The number of H-pyrrole nitrogens is 1. The number of aromatic amines is 1. The van der Waals surface area contributed by atoms with E-state index in [1.165, 1.54) is 17.9 Å². The molecule has 2 rings (SSSR count). The number of nitrogens with one attached hydrogen (secondary N) is 3. The highest BCUT2D eigenvalue weighted by Crippen LogP contribution is 2.13. The number of carbonyl (C=O) groups excluding carboxylic acids is 2. The summed E-state index contributed by atoms with van der Waals surface area (Å²) in [6.07, 6.45) is 0. The molecule has 10 nitrogen and oxygen atoms in total. The molecule has 0 saturated heterocycles. The van der Waals surface area contributed by atoms with Crippen molar-refractivity contribution >= 4 is 17.6 Å². The topological polar surface area (TPSA) is 131 Å². The van der Waals surface area contributed by atoms with Crippen molar-refractivity contribution in [3.63, 3.8) is 0 Å². The van der Waals surface area contributed by atoms with Crippen LogP contribution in [0.5, 0.6) is 0 Å². The van der Waals surface area contributed by atoms with Gasteiger partial charge in [0.15, 0.2) is 0 Å². The molecule has 2 aromatic heterocycles. The highest BCUT2D eigenvalue weighted by molar-refractivity contribution is 6.39. The van der Waals surface area contributed by atoms with Crippen molar-refractivity contribution in [1.29, 1.82) is 0 Å². The Bertz CT molecular complexity index is 841. The van der Waals surface area contributed by atoms with Gasteiger partial charge >= 0.3 is 11.8 Å². The molecular formula is C15H20N6O4. The Morgan fingerprint density at radius 3 is 2.64 bits per heavy atom. The molecule has 3 N–H and O–H groups in total. The molecule has 1 unspecified atom stereocenters. The summed E-state index contributed by atoms with van der Waals surface area (Å²) in [5.41, 5.74) is 0.724. The minimum absolute atomic E-state index is 0.140. The first-order valence-corrected chi connectivity index (χ1v) is 7.56. The Balaban J connectivity index is 2.22. The third-order valence-corrected chi connectivity index (χ3v) is 3.13. The molecule has 25 heavy (non-hydrogen) atoms. The molecule has 0 aliphatic heterocycles. The fraction of sp³-hybridized carbons (Fsp3) is 0.400. The van der Waals surface area contributed by atoms with Crippen molar-refractivity contribution in [3.05, 3.63) is 33.9 Å². The van der Waals surface area contributed by atoms with Gasteiger partial charge < -0.3 is 15.4 Å². The Hall–Kier alpha value is -3.01. The van der Waals surface area contributed by atoms with E-state index < -0.39 is 11.8 Å². The zero-order chi connectivity index (χ0) is 18.6. The second-order valence-corrected chi connectivity index (χ2v) is 5.58. The van der Waals surface area contributed by atoms with Crippen LogP contribution < -0.4 is 16.2 Å². The highest BCUT2D eigenvalue weighted by atomic mass is 16.5. The molecule has 0 aliphatic carbocycles. The van der Waals surface area contributed by atoms with E-state index in [1.807, 2.05) is 0 Å². The van der Waals surface area contributed by atoms with E-state index in [1.54, 1.807) is 26.8 Å². The van der Waals surface area contributed by atoms with Gasteiger partial charge in [-0.15, -0.1) is 0 Å². The van der Waals surface area contributed by atoms with Crippen LogP contribution in [0.3, 0.4) is 0 Å². The quantitative estimate of drug-likeness (QED) is 0.634. The summed E-state index contributed by atoms with van der Waals surface area (Å²) in [6.45, 7) is 5.37. The van der Waals surface area contributed by atoms with Crippen LogP contribution in [-0.2, 0) is 14.3 Å². The molecule has 0 aromatic carbocycles. The zero-order valence-corrected chi connectivity index (χ0v) is 14.4. The van der Waals surface area contributed by atoms with Gasteiger partial charge in [-0.25, -0.2) is 4.98 Å². The molecule has 1 atom stereocenters. The van der Waals surface area contributed by atoms with E-state index in [-0.39, 0.29) is 30.0 Å². The Morgan fingerprint density at radius 1 is 1.28 bits per heavy atom. The van der Waals surface area contributed by atoms with Gasteiger partial charge in [0.2, 0.25) is 5.95 Å². The number of hydrogen-bond donors (Lipinski definition) is 3. The van der Waals surface area contributed by atoms with Crippen LogP contribution in [0.15, 0.2) is 16.9 Å². The first-order chi connectivity index (χ1) is 11.8. The molecule has 0 fully saturated rings. The number of aromatic nitrogens is 4. The lowest BCUT2D eigenvalue weighted by Crippen LogP contribution is -2.42. The molecule has 0 radical (unpaired) electrons. The predicted molar refractivity (Wildman–Crippen MR) is 89.6 cm³/mol. The normalized spacial score (nSPS) is 11.8. The van der Waals surface area contributed by atoms with E-state index >= 15 is 0 Å². The fourth-order valence-electron chi connectivity index (χ4n) is 2.17. The van der Waals surface area contributed by atoms with Crippen LogP contribution >= 0.6 is 0 Å². The van der Waals surface area contributed by atoms with Gasteiger partial charge in [0, 0.05) is 31.0 Å². The Morgan fingerprint density at radius 2 is 2.00 bits per heavy atom. The Labute approximate surface area is 143 Å². The number of anilines is 1. The number of rotatable bonds is 5. The number of nitrogens with zero attached hydrogens (tertiary/aromatic N) is 3. The van der Waals surface area contributed by atoms with Gasteiger partial charge in [0.1, 0.15) is 5.82 Å². The summed E-state index contributed by atoms with van der Waals surface area (Å²) >= 11 is 0. The summed E-state index contributed by atoms with van der Waals surface area (Å²) in [6, 6.07) is 2.58. The second-order valence-electron chi connectivity index (χ2n) is 5.58. The number of carbonyl (C=O) groups is 2. The van der Waals surface area contributed by atoms with Crippen LogP contribution in [0, 0.1) is 13.8 Å². The number of ether oxygens (including phenoxy) is 1. The van der Waals surface area contributed by atoms with Gasteiger partial charge in [0.25, 0.3) is 5.56 Å². The smallest absolute Gasteiger partial charge is 0.314 e. The molecule has 0 saturated carbocycles. The molecule has 134 valence electrons. The first-order valence-electron chi connectivity index (χ1n) is 7.56. The molecule has 10 heteroatoms. The first kappa shape index (κ1) is 18.3. The summed E-state index contributed by atoms with van der Waals surface area (Å²) in [7, 11) is 1.50. The van der Waals surface area contributed by atoms with Crippen LogP contribution in [0.1, 0.15) is 18.3 Å². The molecule has 2 aromatic rings. The summed E-state index contributed by atoms with van der Waals surface area (Å²) in [4.78, 5) is 42.3. The molecule has 0 spiro atoms. The third kappa shape index (κ3) is 4.73. The molecule has 0 aliphatic rings. The minimum Gasteiger partial charge on any atom is -0.383 e. The summed E-state index contributed by atoms with van der Waals surface area (Å²) < 4.78 is 6.16. The molecule has 0 bridgehead atoms. The molecule has 2 heterocycles. The second kappa shape index (κ2) is 7.71. The van der Waals surface area contributed by atoms with E-state index in [9.17, 15) is 14.4 Å². The Kier molecular flexibility index (Phi) is 5.65. The number of aryl methyl sites for hydroxylation is 2. The van der Waals surface area contributed by atoms with Gasteiger partial charge in [0.05, 0.1) is 12.3 Å². The van der Waals surface area contributed by atoms with Crippen molar-refractivity contribution in [2.45, 2.75) is 26.8 Å². The van der Waals surface area contributed by atoms with Crippen molar-refractivity contribution in [3.8, 4) is 5.95 Å². The average molecular weight is 348 g/mol. The van der Waals surface area contributed by atoms with Crippen LogP contribution in [0.4, 0.5) is 5.82 Å². The van der Waals surface area contributed by atoms with Gasteiger partial charge in [-0.2, -0.15) is 9.78 Å². The van der Waals surface area contributed by atoms with Crippen LogP contribution in [-0.4, -0.2) is 51.3 Å². The number of amides is 2. The monoisotopic (exact) mass is 348 g/mol. The van der Waals surface area contributed by atoms with E-state index in [4.69, 9.17) is 4.74 Å². The van der Waals surface area contributed by atoms with E-state index in [0.717, 1.165) is 0 Å². The number of methoxy groups -OCH3 is 1. The van der Waals surface area contributed by atoms with Crippen molar-refractivity contribution in [2.75, 3.05) is 19.0 Å². The van der Waals surface area contributed by atoms with Crippen LogP contribution in [0.25, 0.3) is 5.95 Å². The molecular weight excluding hydrogens is 328 g/mol. The molecule has 2 amide bonds. The largest absolute Gasteiger partial charge is 0.383 e. The highest BCUT2D eigenvalue weighted by Gasteiger charge is 2.19. The van der Waals surface area contributed by atoms with Crippen molar-refractivity contribution in [2.24, 2.45) is 0 Å². The SMILES string of the molecule is COCC(C)NC(=O)C(=O)Nc1cc(C)nn1-c1nc(C)cc(=O)[nH]1. The van der Waals surface area contributed by atoms with E-state index in [0.29, 0.717) is 11.4 Å². The lowest BCUT2D eigenvalue weighted by molar-refractivity contribution is -0.136. The maximum atomic E-state index is 12.1. The maximum Gasteiger partial charge on any atom is 0.314 e. The van der Waals surface area contributed by atoms with Gasteiger partial charge in [-0.3, -0.25) is 19.4 Å². The van der Waals surface area contributed by atoms with Crippen LogP contribution in [0.2, 0.25) is 0 Å². The zero-order valence-electron chi connectivity index (χ0n) is 14.4. The lowest BCUT2D eigenvalue weighted by Gasteiger charge is -2.12. The third-order valence-electron chi connectivity index (χ3n) is 3.13. The minimum atomic E-state index is -0.862. The van der Waals surface area contributed by atoms with E-state index in [2.05, 4.69) is 25.7 Å². The average Bonchev–Trinajstić information content (AvgIpc) is 2.87. The predicted octanol–water partition coefficient (Wildman–Crippen LogP) is -0.338. The van der Waals surface area contributed by atoms with Crippen molar-refractivity contribution < 1.29 is 14.3 Å². The summed E-state index contributed by atoms with van der Waals surface area (Å²) in [5, 5.41) is 9.15. The lowest BCUT2D eigenvalue weighted by atomic mass is 10.3. The summed E-state index contributed by atoms with van der Waals surface area (Å²) in [5.74, 6) is -1.31. The fourth-order valence-corrected chi connectivity index (χ4v) is 2.17. The number of hydrogen-bond acceptors (Lipinski definition) is 6. The standard InChI is InChI=1S/C15H20N6O4/c1-8-6-12(22)19-15(17-8)21-11(5-9(2)20-21)18-14(24)13(23)16-10(3)7-25-4/h5-6,10H,7H2,1-4H3,(H,16,23)(H,18,24)(H,17,19,22). The van der Waals surface area contributed by atoms with Crippen molar-refractivity contribution in [1.82, 2.24) is 25.1 Å².